The van der Waals surface area contributed by atoms with E-state index in [4.69, 9.17) is 0 Å². The first-order valence-corrected chi connectivity index (χ1v) is 9.93. The molecule has 0 aliphatic carbocycles. The molecule has 2 aromatic heterocycles. The van der Waals surface area contributed by atoms with E-state index in [1.807, 2.05) is 44.2 Å². The lowest BCUT2D eigenvalue weighted by Crippen LogP contribution is -2.13. The normalized spacial score (nSPS) is 10.5. The van der Waals surface area contributed by atoms with Crippen LogP contribution in [0.1, 0.15) is 21.7 Å². The van der Waals surface area contributed by atoms with Gasteiger partial charge in [-0.2, -0.15) is 0 Å². The number of hydrogen-bond acceptors (Lipinski definition) is 6. The lowest BCUT2D eigenvalue weighted by atomic mass is 10.2. The molecule has 2 aromatic carbocycles. The van der Waals surface area contributed by atoms with E-state index in [1.54, 1.807) is 24.3 Å². The summed E-state index contributed by atoms with van der Waals surface area (Å²) in [4.78, 5) is 24.7. The van der Waals surface area contributed by atoms with Crippen LogP contribution in [0.15, 0.2) is 73.1 Å². The first kappa shape index (κ1) is 20.9. The Balaban J connectivity index is 1.44. The van der Waals surface area contributed by atoms with E-state index >= 15 is 0 Å². The Kier molecular flexibility index (Phi) is 6.03. The first-order chi connectivity index (χ1) is 15.5. The third kappa shape index (κ3) is 5.23. The van der Waals surface area contributed by atoms with E-state index < -0.39 is 11.7 Å². The molecule has 0 unspecified atom stereocenters. The van der Waals surface area contributed by atoms with Gasteiger partial charge in [0.2, 0.25) is 0 Å². The summed E-state index contributed by atoms with van der Waals surface area (Å²) in [6.45, 7) is 3.86. The second-order valence-corrected chi connectivity index (χ2v) is 7.19. The number of amides is 1. The van der Waals surface area contributed by atoms with Crippen molar-refractivity contribution in [1.29, 1.82) is 0 Å². The van der Waals surface area contributed by atoms with Gasteiger partial charge in [0.05, 0.1) is 11.8 Å². The maximum Gasteiger partial charge on any atom is 0.258 e. The van der Waals surface area contributed by atoms with Crippen LogP contribution in [0.2, 0.25) is 0 Å². The molecule has 0 fully saturated rings. The standard InChI is InChI=1S/C24H21FN6O/c1-15-3-5-17(6-4-15)29-22-13-23(28-16(2)27-22)30-18-7-9-19(10-8-18)31-24(32)20-11-12-26-14-21(20)25/h3-14H,1-2H3,(H,31,32)(H2,27,28,29,30). The van der Waals surface area contributed by atoms with Crippen LogP contribution in [0, 0.1) is 19.7 Å². The molecule has 0 atom stereocenters. The average molecular weight is 428 g/mol. The fourth-order valence-electron chi connectivity index (χ4n) is 3.02. The second-order valence-electron chi connectivity index (χ2n) is 7.19. The molecule has 3 N–H and O–H groups in total. The fourth-order valence-corrected chi connectivity index (χ4v) is 3.02. The molecule has 32 heavy (non-hydrogen) atoms. The fraction of sp³-hybridized carbons (Fsp3) is 0.0833. The number of carbonyl (C=O) groups is 1. The molecule has 4 rings (SSSR count). The molecular weight excluding hydrogens is 407 g/mol. The van der Waals surface area contributed by atoms with Crippen LogP contribution in [0.3, 0.4) is 0 Å². The molecule has 7 nitrogen and oxygen atoms in total. The highest BCUT2D eigenvalue weighted by atomic mass is 19.1. The second kappa shape index (κ2) is 9.22. The maximum absolute atomic E-state index is 13.7. The summed E-state index contributed by atoms with van der Waals surface area (Å²) in [6.07, 6.45) is 2.38. The van der Waals surface area contributed by atoms with Gasteiger partial charge >= 0.3 is 0 Å². The molecule has 0 bridgehead atoms. The monoisotopic (exact) mass is 428 g/mol. The van der Waals surface area contributed by atoms with Gasteiger partial charge < -0.3 is 16.0 Å². The van der Waals surface area contributed by atoms with Crippen LogP contribution in [0.4, 0.5) is 33.1 Å². The van der Waals surface area contributed by atoms with E-state index in [0.717, 1.165) is 17.6 Å². The summed E-state index contributed by atoms with van der Waals surface area (Å²) < 4.78 is 13.7. The molecular formula is C24H21FN6O. The Hall–Kier alpha value is -4.33. The van der Waals surface area contributed by atoms with E-state index in [1.165, 1.54) is 17.8 Å². The lowest BCUT2D eigenvalue weighted by molar-refractivity contribution is 0.102. The first-order valence-electron chi connectivity index (χ1n) is 9.93. The predicted octanol–water partition coefficient (Wildman–Crippen LogP) is 5.37. The van der Waals surface area contributed by atoms with Gasteiger partial charge in [0, 0.05) is 29.3 Å². The van der Waals surface area contributed by atoms with Crippen molar-refractivity contribution in [1.82, 2.24) is 15.0 Å². The molecule has 1 amide bonds. The Morgan fingerprint density at radius 1 is 0.812 bits per heavy atom. The van der Waals surface area contributed by atoms with Crippen molar-refractivity contribution >= 4 is 34.6 Å². The summed E-state index contributed by atoms with van der Waals surface area (Å²) in [6, 6.07) is 18.2. The number of aryl methyl sites for hydroxylation is 2. The molecule has 0 aliphatic rings. The quantitative estimate of drug-likeness (QED) is 0.383. The number of nitrogens with one attached hydrogen (secondary N) is 3. The van der Waals surface area contributed by atoms with E-state index in [0.29, 0.717) is 23.1 Å². The third-order valence-electron chi connectivity index (χ3n) is 4.59. The topological polar surface area (TPSA) is 91.8 Å². The van der Waals surface area contributed by atoms with Crippen LogP contribution in [-0.4, -0.2) is 20.9 Å². The number of carbonyl (C=O) groups excluding carboxylic acids is 1. The van der Waals surface area contributed by atoms with Gasteiger partial charge in [-0.05, 0) is 56.3 Å². The molecule has 0 radical (unpaired) electrons. The van der Waals surface area contributed by atoms with Crippen molar-refractivity contribution in [3.05, 3.63) is 95.8 Å². The summed E-state index contributed by atoms with van der Waals surface area (Å²) >= 11 is 0. The molecule has 4 aromatic rings. The number of nitrogens with zero attached hydrogens (tertiary/aromatic N) is 3. The van der Waals surface area contributed by atoms with Gasteiger partial charge in [0.1, 0.15) is 17.5 Å². The zero-order valence-corrected chi connectivity index (χ0v) is 17.6. The van der Waals surface area contributed by atoms with Crippen LogP contribution < -0.4 is 16.0 Å². The number of benzene rings is 2. The van der Waals surface area contributed by atoms with Crippen LogP contribution in [0.25, 0.3) is 0 Å². The van der Waals surface area contributed by atoms with Crippen LogP contribution in [-0.2, 0) is 0 Å². The van der Waals surface area contributed by atoms with Crippen molar-refractivity contribution in [2.45, 2.75) is 13.8 Å². The lowest BCUT2D eigenvalue weighted by Gasteiger charge is -2.11. The number of hydrogen-bond donors (Lipinski definition) is 3. The van der Waals surface area contributed by atoms with Crippen molar-refractivity contribution in [3.63, 3.8) is 0 Å². The predicted molar refractivity (Wildman–Crippen MR) is 123 cm³/mol. The average Bonchev–Trinajstić information content (AvgIpc) is 2.76. The largest absolute Gasteiger partial charge is 0.340 e. The Labute approximate surface area is 184 Å². The SMILES string of the molecule is Cc1ccc(Nc2cc(Nc3ccc(NC(=O)c4ccncc4F)cc3)nc(C)n2)cc1. The molecule has 160 valence electrons. The van der Waals surface area contributed by atoms with Gasteiger partial charge in [-0.25, -0.2) is 14.4 Å². The van der Waals surface area contributed by atoms with E-state index in [-0.39, 0.29) is 5.56 Å². The molecule has 0 saturated heterocycles. The van der Waals surface area contributed by atoms with Crippen LogP contribution in [0.5, 0.6) is 0 Å². The van der Waals surface area contributed by atoms with E-state index in [9.17, 15) is 9.18 Å². The molecule has 8 heteroatoms. The van der Waals surface area contributed by atoms with Gasteiger partial charge in [-0.3, -0.25) is 9.78 Å². The summed E-state index contributed by atoms with van der Waals surface area (Å²) in [5.41, 5.74) is 3.37. The minimum Gasteiger partial charge on any atom is -0.340 e. The number of rotatable bonds is 6. The van der Waals surface area contributed by atoms with Gasteiger partial charge in [0.15, 0.2) is 5.82 Å². The minimum atomic E-state index is -0.669. The zero-order valence-electron chi connectivity index (χ0n) is 17.6. The summed E-state index contributed by atoms with van der Waals surface area (Å²) in [5.74, 6) is 0.712. The van der Waals surface area contributed by atoms with E-state index in [2.05, 4.69) is 30.9 Å². The summed E-state index contributed by atoms with van der Waals surface area (Å²) in [7, 11) is 0. The molecule has 0 aliphatic heterocycles. The highest BCUT2D eigenvalue weighted by Crippen LogP contribution is 2.22. The summed E-state index contributed by atoms with van der Waals surface area (Å²) in [5, 5.41) is 9.17. The highest BCUT2D eigenvalue weighted by Gasteiger charge is 2.11. The third-order valence-corrected chi connectivity index (χ3v) is 4.59. The van der Waals surface area contributed by atoms with Crippen LogP contribution >= 0.6 is 0 Å². The minimum absolute atomic E-state index is 0.0627. The number of halogens is 1. The molecule has 0 spiro atoms. The smallest absolute Gasteiger partial charge is 0.258 e. The molecule has 0 saturated carbocycles. The highest BCUT2D eigenvalue weighted by molar-refractivity contribution is 6.04. The Morgan fingerprint density at radius 3 is 1.97 bits per heavy atom. The van der Waals surface area contributed by atoms with Crippen molar-refractivity contribution in [2.24, 2.45) is 0 Å². The van der Waals surface area contributed by atoms with Gasteiger partial charge in [-0.1, -0.05) is 17.7 Å². The Bertz CT molecular complexity index is 1240. The van der Waals surface area contributed by atoms with Crippen molar-refractivity contribution < 1.29 is 9.18 Å². The van der Waals surface area contributed by atoms with Gasteiger partial charge in [0.25, 0.3) is 5.91 Å². The van der Waals surface area contributed by atoms with Crippen molar-refractivity contribution in [3.8, 4) is 0 Å². The zero-order chi connectivity index (χ0) is 22.5. The molecule has 2 heterocycles. The Morgan fingerprint density at radius 2 is 1.38 bits per heavy atom. The number of anilines is 5. The number of pyridine rings is 1. The van der Waals surface area contributed by atoms with Gasteiger partial charge in [-0.15, -0.1) is 0 Å². The number of aromatic nitrogens is 3. The van der Waals surface area contributed by atoms with Crippen molar-refractivity contribution in [2.75, 3.05) is 16.0 Å². The maximum atomic E-state index is 13.7.